The summed E-state index contributed by atoms with van der Waals surface area (Å²) in [5.41, 5.74) is 0. The number of carbonyl (C=O) groups excluding carboxylic acids is 1. The third kappa shape index (κ3) is 5.57. The Morgan fingerprint density at radius 3 is 2.64 bits per heavy atom. The summed E-state index contributed by atoms with van der Waals surface area (Å²) in [7, 11) is -2.88. The molecule has 7 nitrogen and oxygen atoms in total. The molecule has 1 unspecified atom stereocenters. The van der Waals surface area contributed by atoms with Gasteiger partial charge >= 0.3 is 0 Å². The van der Waals surface area contributed by atoms with Crippen LogP contribution in [0, 0.1) is 5.92 Å². The zero-order chi connectivity index (χ0) is 17.2. The molecule has 9 heteroatoms. The number of nitrogens with zero attached hydrogens (tertiary/aromatic N) is 3. The van der Waals surface area contributed by atoms with Gasteiger partial charge in [0, 0.05) is 32.2 Å². The van der Waals surface area contributed by atoms with Crippen LogP contribution >= 0.6 is 24.0 Å². The Labute approximate surface area is 166 Å². The highest BCUT2D eigenvalue weighted by Gasteiger charge is 2.36. The van der Waals surface area contributed by atoms with Gasteiger partial charge in [-0.1, -0.05) is 6.08 Å². The summed E-state index contributed by atoms with van der Waals surface area (Å²) in [5.74, 6) is 1.41. The Bertz CT molecular complexity index is 633. The van der Waals surface area contributed by atoms with Gasteiger partial charge in [0.05, 0.1) is 18.1 Å². The fourth-order valence-corrected chi connectivity index (χ4v) is 5.15. The second-order valence-corrected chi connectivity index (χ2v) is 9.07. The number of carbonyl (C=O) groups is 1. The lowest BCUT2D eigenvalue weighted by atomic mass is 10.1. The summed E-state index contributed by atoms with van der Waals surface area (Å²) >= 11 is 0. The number of hydrogen-bond donors (Lipinski definition) is 1. The number of halogens is 1. The van der Waals surface area contributed by atoms with E-state index >= 15 is 0 Å². The molecule has 1 aliphatic carbocycles. The van der Waals surface area contributed by atoms with Crippen molar-refractivity contribution >= 4 is 45.7 Å². The summed E-state index contributed by atoms with van der Waals surface area (Å²) < 4.78 is 23.1. The highest BCUT2D eigenvalue weighted by atomic mass is 127. The minimum atomic E-state index is -2.88. The van der Waals surface area contributed by atoms with E-state index in [0.717, 1.165) is 25.9 Å². The van der Waals surface area contributed by atoms with E-state index in [-0.39, 0.29) is 47.3 Å². The van der Waals surface area contributed by atoms with E-state index in [1.165, 1.54) is 0 Å². The van der Waals surface area contributed by atoms with E-state index in [4.69, 9.17) is 0 Å². The molecule has 2 saturated heterocycles. The first-order valence-electron chi connectivity index (χ1n) is 8.62. The highest BCUT2D eigenvalue weighted by molar-refractivity contribution is 14.0. The predicted octanol–water partition coefficient (Wildman–Crippen LogP) is 0.477. The SMILES string of the molecule is C=CCNC(=NCC1CCS(=O)(=O)C1)N1CCN(C2CC2)C(=O)C1.I. The number of amides is 1. The van der Waals surface area contributed by atoms with Crippen molar-refractivity contribution in [3.63, 3.8) is 0 Å². The van der Waals surface area contributed by atoms with Crippen LogP contribution in [0.1, 0.15) is 19.3 Å². The molecule has 3 fully saturated rings. The molecular formula is C16H27IN4O3S. The van der Waals surface area contributed by atoms with Gasteiger partial charge < -0.3 is 15.1 Å². The maximum absolute atomic E-state index is 12.3. The van der Waals surface area contributed by atoms with Crippen LogP contribution in [0.2, 0.25) is 0 Å². The first-order chi connectivity index (χ1) is 11.5. The van der Waals surface area contributed by atoms with Crippen molar-refractivity contribution in [1.29, 1.82) is 0 Å². The van der Waals surface area contributed by atoms with Gasteiger partial charge in [-0.25, -0.2) is 8.42 Å². The Morgan fingerprint density at radius 1 is 1.32 bits per heavy atom. The molecule has 0 bridgehead atoms. The minimum absolute atomic E-state index is 0. The smallest absolute Gasteiger partial charge is 0.242 e. The molecule has 3 rings (SSSR count). The Hall–Kier alpha value is -0.840. The fraction of sp³-hybridized carbons (Fsp3) is 0.750. The van der Waals surface area contributed by atoms with E-state index < -0.39 is 9.84 Å². The first kappa shape index (κ1) is 20.5. The van der Waals surface area contributed by atoms with E-state index in [1.807, 2.05) is 9.80 Å². The summed E-state index contributed by atoms with van der Waals surface area (Å²) in [6.07, 6.45) is 4.67. The van der Waals surface area contributed by atoms with Gasteiger partial charge in [-0.05, 0) is 25.2 Å². The second kappa shape index (κ2) is 8.70. The fourth-order valence-electron chi connectivity index (χ4n) is 3.30. The summed E-state index contributed by atoms with van der Waals surface area (Å²) in [4.78, 5) is 20.9. The lowest BCUT2D eigenvalue weighted by molar-refractivity contribution is -0.135. The number of sulfone groups is 1. The van der Waals surface area contributed by atoms with Crippen LogP contribution in [-0.2, 0) is 14.6 Å². The molecule has 1 amide bonds. The normalized spacial score (nSPS) is 26.3. The van der Waals surface area contributed by atoms with Crippen molar-refractivity contribution in [2.24, 2.45) is 10.9 Å². The first-order valence-corrected chi connectivity index (χ1v) is 10.4. The van der Waals surface area contributed by atoms with Gasteiger partial charge in [-0.2, -0.15) is 0 Å². The summed E-state index contributed by atoms with van der Waals surface area (Å²) in [5, 5.41) is 3.20. The lowest BCUT2D eigenvalue weighted by Gasteiger charge is -2.36. The lowest BCUT2D eigenvalue weighted by Crippen LogP contribution is -2.55. The van der Waals surface area contributed by atoms with Gasteiger partial charge in [0.25, 0.3) is 0 Å². The average Bonchev–Trinajstić information content (AvgIpc) is 3.31. The second-order valence-electron chi connectivity index (χ2n) is 6.84. The Kier molecular flexibility index (Phi) is 7.12. The number of hydrogen-bond acceptors (Lipinski definition) is 4. The number of guanidine groups is 1. The van der Waals surface area contributed by atoms with Crippen molar-refractivity contribution in [3.8, 4) is 0 Å². The Balaban J connectivity index is 0.00000225. The van der Waals surface area contributed by atoms with Crippen LogP contribution in [0.15, 0.2) is 17.6 Å². The number of rotatable bonds is 5. The van der Waals surface area contributed by atoms with Gasteiger partial charge in [-0.3, -0.25) is 9.79 Å². The molecule has 142 valence electrons. The van der Waals surface area contributed by atoms with Crippen LogP contribution < -0.4 is 5.32 Å². The van der Waals surface area contributed by atoms with Crippen LogP contribution in [-0.4, -0.2) is 80.4 Å². The molecule has 0 spiro atoms. The topological polar surface area (TPSA) is 82.1 Å². The van der Waals surface area contributed by atoms with Crippen molar-refractivity contribution < 1.29 is 13.2 Å². The van der Waals surface area contributed by atoms with E-state index in [2.05, 4.69) is 16.9 Å². The maximum Gasteiger partial charge on any atom is 0.242 e. The predicted molar refractivity (Wildman–Crippen MR) is 109 cm³/mol. The van der Waals surface area contributed by atoms with Gasteiger partial charge in [0.1, 0.15) is 0 Å². The van der Waals surface area contributed by atoms with Gasteiger partial charge in [-0.15, -0.1) is 30.6 Å². The molecule has 25 heavy (non-hydrogen) atoms. The highest BCUT2D eigenvalue weighted by Crippen LogP contribution is 2.28. The molecule has 2 aliphatic heterocycles. The molecule has 3 aliphatic rings. The van der Waals surface area contributed by atoms with Crippen LogP contribution in [0.4, 0.5) is 0 Å². The van der Waals surface area contributed by atoms with Crippen molar-refractivity contribution in [3.05, 3.63) is 12.7 Å². The molecule has 1 saturated carbocycles. The molecule has 0 aromatic carbocycles. The Morgan fingerprint density at radius 2 is 2.08 bits per heavy atom. The largest absolute Gasteiger partial charge is 0.353 e. The molecule has 1 N–H and O–H groups in total. The molecular weight excluding hydrogens is 455 g/mol. The van der Waals surface area contributed by atoms with Gasteiger partial charge in [0.2, 0.25) is 5.91 Å². The average molecular weight is 482 g/mol. The van der Waals surface area contributed by atoms with E-state index in [1.54, 1.807) is 6.08 Å². The van der Waals surface area contributed by atoms with Crippen LogP contribution in [0.3, 0.4) is 0 Å². The zero-order valence-electron chi connectivity index (χ0n) is 14.4. The third-order valence-corrected chi connectivity index (χ3v) is 6.61. The summed E-state index contributed by atoms with van der Waals surface area (Å²) in [6, 6.07) is 0.449. The quantitative estimate of drug-likeness (QED) is 0.267. The minimum Gasteiger partial charge on any atom is -0.353 e. The maximum atomic E-state index is 12.3. The summed E-state index contributed by atoms with van der Waals surface area (Å²) in [6.45, 7) is 6.58. The van der Waals surface area contributed by atoms with Crippen LogP contribution in [0.25, 0.3) is 0 Å². The van der Waals surface area contributed by atoms with E-state index in [9.17, 15) is 13.2 Å². The monoisotopic (exact) mass is 482 g/mol. The van der Waals surface area contributed by atoms with Gasteiger partial charge in [0.15, 0.2) is 15.8 Å². The van der Waals surface area contributed by atoms with Crippen molar-refractivity contribution in [2.45, 2.75) is 25.3 Å². The van der Waals surface area contributed by atoms with Crippen molar-refractivity contribution in [2.75, 3.05) is 44.2 Å². The third-order valence-electron chi connectivity index (χ3n) is 4.77. The number of nitrogens with one attached hydrogen (secondary N) is 1. The molecule has 0 aromatic rings. The molecule has 0 radical (unpaired) electrons. The molecule has 2 heterocycles. The number of piperazine rings is 1. The van der Waals surface area contributed by atoms with E-state index in [0.29, 0.717) is 38.1 Å². The standard InChI is InChI=1S/C16H26N4O3S.HI/c1-2-6-17-16(18-10-13-5-9-24(22,23)12-13)19-7-8-20(14-3-4-14)15(21)11-19;/h2,13-14H,1,3-12H2,(H,17,18);1H. The molecule has 0 aromatic heterocycles. The molecule has 1 atom stereocenters. The van der Waals surface area contributed by atoms with Crippen molar-refractivity contribution in [1.82, 2.24) is 15.1 Å². The van der Waals surface area contributed by atoms with Crippen LogP contribution in [0.5, 0.6) is 0 Å². The number of aliphatic imine (C=N–C) groups is 1. The zero-order valence-corrected chi connectivity index (χ0v) is 17.5.